The largest absolute Gasteiger partial charge is 0.379 e. The van der Waals surface area contributed by atoms with Crippen LogP contribution in [0, 0.1) is 6.92 Å². The average molecular weight is 473 g/mol. The monoisotopic (exact) mass is 472 g/mol. The molecule has 0 aromatic heterocycles. The van der Waals surface area contributed by atoms with Crippen LogP contribution in [0.4, 0.5) is 17.1 Å². The minimum Gasteiger partial charge on any atom is -0.379 e. The number of anilines is 3. The fourth-order valence-electron chi connectivity index (χ4n) is 4.19. The van der Waals surface area contributed by atoms with Crippen molar-refractivity contribution in [3.8, 4) is 0 Å². The van der Waals surface area contributed by atoms with Gasteiger partial charge in [-0.25, -0.2) is 8.42 Å². The van der Waals surface area contributed by atoms with E-state index < -0.39 is 16.1 Å². The Hall–Kier alpha value is -2.62. The molecular formula is C24H32N4O4S. The Morgan fingerprint density at radius 1 is 0.970 bits per heavy atom. The number of hydrogen-bond acceptors (Lipinski definition) is 6. The average Bonchev–Trinajstić information content (AvgIpc) is 3.36. The molecule has 8 nitrogen and oxygen atoms in total. The van der Waals surface area contributed by atoms with Crippen LogP contribution in [-0.2, 0) is 19.6 Å². The molecule has 2 heterocycles. The molecule has 2 aliphatic rings. The number of ether oxygens (including phenoxy) is 1. The maximum absolute atomic E-state index is 13.1. The first kappa shape index (κ1) is 23.5. The number of carbonyl (C=O) groups is 1. The van der Waals surface area contributed by atoms with Crippen molar-refractivity contribution in [3.63, 3.8) is 0 Å². The third-order valence-electron chi connectivity index (χ3n) is 6.16. The van der Waals surface area contributed by atoms with Crippen LogP contribution < -0.4 is 15.5 Å². The van der Waals surface area contributed by atoms with Crippen molar-refractivity contribution < 1.29 is 17.9 Å². The molecule has 0 saturated carbocycles. The molecule has 178 valence electrons. The molecule has 2 N–H and O–H groups in total. The lowest BCUT2D eigenvalue weighted by molar-refractivity contribution is -0.116. The molecular weight excluding hydrogens is 440 g/mol. The van der Waals surface area contributed by atoms with Gasteiger partial charge in [0, 0.05) is 43.2 Å². The van der Waals surface area contributed by atoms with Gasteiger partial charge in [0.05, 0.1) is 18.1 Å². The van der Waals surface area contributed by atoms with E-state index in [4.69, 9.17) is 4.74 Å². The van der Waals surface area contributed by atoms with E-state index in [1.807, 2.05) is 12.1 Å². The van der Waals surface area contributed by atoms with Crippen molar-refractivity contribution in [3.05, 3.63) is 48.0 Å². The molecule has 33 heavy (non-hydrogen) atoms. The minimum absolute atomic E-state index is 0.209. The maximum Gasteiger partial charge on any atom is 0.246 e. The van der Waals surface area contributed by atoms with Crippen molar-refractivity contribution in [1.82, 2.24) is 4.31 Å². The first-order valence-corrected chi connectivity index (χ1v) is 12.9. The lowest BCUT2D eigenvalue weighted by atomic mass is 10.2. The summed E-state index contributed by atoms with van der Waals surface area (Å²) in [6.07, 6.45) is 2.46. The van der Waals surface area contributed by atoms with E-state index in [0.717, 1.165) is 18.8 Å². The fourth-order valence-corrected chi connectivity index (χ4v) is 5.85. The van der Waals surface area contributed by atoms with Crippen LogP contribution in [0.15, 0.2) is 47.4 Å². The van der Waals surface area contributed by atoms with E-state index in [0.29, 0.717) is 37.6 Å². The molecule has 0 aliphatic carbocycles. The van der Waals surface area contributed by atoms with Crippen molar-refractivity contribution in [2.45, 2.75) is 37.6 Å². The van der Waals surface area contributed by atoms with E-state index in [1.54, 1.807) is 26.0 Å². The summed E-state index contributed by atoms with van der Waals surface area (Å²) in [5.41, 5.74) is 3.16. The molecule has 4 rings (SSSR count). The summed E-state index contributed by atoms with van der Waals surface area (Å²) in [7, 11) is -3.65. The van der Waals surface area contributed by atoms with Gasteiger partial charge in [0.25, 0.3) is 0 Å². The molecule has 2 aliphatic heterocycles. The lowest BCUT2D eigenvalue weighted by Crippen LogP contribution is -2.40. The highest BCUT2D eigenvalue weighted by molar-refractivity contribution is 7.89. The van der Waals surface area contributed by atoms with E-state index in [9.17, 15) is 13.2 Å². The zero-order chi connectivity index (χ0) is 23.4. The molecule has 2 aromatic carbocycles. The first-order chi connectivity index (χ1) is 15.8. The van der Waals surface area contributed by atoms with Crippen LogP contribution in [0.1, 0.15) is 25.3 Å². The lowest BCUT2D eigenvalue weighted by Gasteiger charge is -2.27. The van der Waals surface area contributed by atoms with Crippen LogP contribution in [0.2, 0.25) is 0 Å². The summed E-state index contributed by atoms with van der Waals surface area (Å²) in [4.78, 5) is 15.4. The Morgan fingerprint density at radius 3 is 2.27 bits per heavy atom. The molecule has 2 aromatic rings. The number of carbonyl (C=O) groups excluding carboxylic acids is 1. The molecule has 1 amide bonds. The Bertz CT molecular complexity index is 1080. The van der Waals surface area contributed by atoms with E-state index >= 15 is 0 Å². The van der Waals surface area contributed by atoms with Gasteiger partial charge in [-0.1, -0.05) is 6.07 Å². The van der Waals surface area contributed by atoms with Gasteiger partial charge in [0.1, 0.15) is 6.04 Å². The highest BCUT2D eigenvalue weighted by Crippen LogP contribution is 2.25. The van der Waals surface area contributed by atoms with Crippen molar-refractivity contribution >= 4 is 33.0 Å². The maximum atomic E-state index is 13.1. The Labute approximate surface area is 196 Å². The molecule has 9 heteroatoms. The van der Waals surface area contributed by atoms with Crippen LogP contribution in [0.5, 0.6) is 0 Å². The second-order valence-corrected chi connectivity index (χ2v) is 10.5. The third kappa shape index (κ3) is 5.48. The standard InChI is InChI=1S/C24H32N4O4S/c1-18-5-6-21(17-23(18)33(30,31)28-13-15-32-16-14-28)26-24(29)19(2)25-20-7-9-22(10-8-20)27-11-3-4-12-27/h5-10,17,19,25H,3-4,11-16H2,1-2H3,(H,26,29)/t19-/m1/s1. The van der Waals surface area contributed by atoms with Gasteiger partial charge < -0.3 is 20.3 Å². The smallest absolute Gasteiger partial charge is 0.246 e. The Balaban J connectivity index is 1.41. The zero-order valence-electron chi connectivity index (χ0n) is 19.2. The van der Waals surface area contributed by atoms with Crippen LogP contribution in [0.25, 0.3) is 0 Å². The summed E-state index contributed by atoms with van der Waals surface area (Å²) in [5, 5.41) is 6.06. The number of nitrogens with one attached hydrogen (secondary N) is 2. The third-order valence-corrected chi connectivity index (χ3v) is 8.20. The van der Waals surface area contributed by atoms with Crippen LogP contribution in [-0.4, -0.2) is 64.1 Å². The highest BCUT2D eigenvalue weighted by atomic mass is 32.2. The van der Waals surface area contributed by atoms with E-state index in [2.05, 4.69) is 27.7 Å². The molecule has 0 spiro atoms. The number of rotatable bonds is 7. The number of hydrogen-bond donors (Lipinski definition) is 2. The first-order valence-electron chi connectivity index (χ1n) is 11.5. The zero-order valence-corrected chi connectivity index (χ0v) is 20.0. The predicted octanol–water partition coefficient (Wildman–Crippen LogP) is 3.06. The summed E-state index contributed by atoms with van der Waals surface area (Å²) in [6.45, 7) is 7.15. The summed E-state index contributed by atoms with van der Waals surface area (Å²) in [6, 6.07) is 12.6. The Morgan fingerprint density at radius 2 is 1.61 bits per heavy atom. The molecule has 2 fully saturated rings. The van der Waals surface area contributed by atoms with Gasteiger partial charge in [-0.2, -0.15) is 4.31 Å². The molecule has 0 unspecified atom stereocenters. The number of benzene rings is 2. The molecule has 1 atom stereocenters. The van der Waals surface area contributed by atoms with Gasteiger partial charge in [-0.3, -0.25) is 4.79 Å². The summed E-state index contributed by atoms with van der Waals surface area (Å²) < 4.78 is 32.9. The van der Waals surface area contributed by atoms with Crippen LogP contribution in [0.3, 0.4) is 0 Å². The van der Waals surface area contributed by atoms with Gasteiger partial charge in [0.2, 0.25) is 15.9 Å². The number of nitrogens with zero attached hydrogens (tertiary/aromatic N) is 2. The van der Waals surface area contributed by atoms with Crippen LogP contribution >= 0.6 is 0 Å². The van der Waals surface area contributed by atoms with Gasteiger partial charge >= 0.3 is 0 Å². The SMILES string of the molecule is Cc1ccc(NC(=O)[C@@H](C)Nc2ccc(N3CCCC3)cc2)cc1S(=O)(=O)N1CCOCC1. The second-order valence-electron chi connectivity index (χ2n) is 8.59. The summed E-state index contributed by atoms with van der Waals surface area (Å²) >= 11 is 0. The highest BCUT2D eigenvalue weighted by Gasteiger charge is 2.28. The van der Waals surface area contributed by atoms with Crippen molar-refractivity contribution in [2.24, 2.45) is 0 Å². The predicted molar refractivity (Wildman–Crippen MR) is 130 cm³/mol. The number of aryl methyl sites for hydroxylation is 1. The van der Waals surface area contributed by atoms with Gasteiger partial charge in [0.15, 0.2) is 0 Å². The number of amides is 1. The van der Waals surface area contributed by atoms with Gasteiger partial charge in [-0.15, -0.1) is 0 Å². The Kier molecular flexibility index (Phi) is 7.21. The topological polar surface area (TPSA) is 91.0 Å². The molecule has 0 radical (unpaired) electrons. The fraction of sp³-hybridized carbons (Fsp3) is 0.458. The quantitative estimate of drug-likeness (QED) is 0.644. The normalized spacial score (nSPS) is 18.2. The van der Waals surface area contributed by atoms with Gasteiger partial charge in [-0.05, 0) is 68.7 Å². The van der Waals surface area contributed by atoms with E-state index in [1.165, 1.54) is 28.9 Å². The van der Waals surface area contributed by atoms with Crippen molar-refractivity contribution in [2.75, 3.05) is 54.9 Å². The van der Waals surface area contributed by atoms with Crippen molar-refractivity contribution in [1.29, 1.82) is 0 Å². The molecule has 2 saturated heterocycles. The molecule has 0 bridgehead atoms. The summed E-state index contributed by atoms with van der Waals surface area (Å²) in [5.74, 6) is -0.239. The number of sulfonamides is 1. The second kappa shape index (κ2) is 10.1. The van der Waals surface area contributed by atoms with E-state index in [-0.39, 0.29) is 10.8 Å². The minimum atomic E-state index is -3.65. The number of morpholine rings is 1.